The van der Waals surface area contributed by atoms with Gasteiger partial charge in [-0.15, -0.1) is 0 Å². The molecule has 0 heterocycles. The van der Waals surface area contributed by atoms with E-state index in [0.29, 0.717) is 0 Å². The van der Waals surface area contributed by atoms with Crippen LogP contribution in [0.3, 0.4) is 0 Å². The molecule has 1 aromatic carbocycles. The number of Topliss-reactive ketones (excluding diaryl/α,β-unsaturated/α-hetero) is 1. The van der Waals surface area contributed by atoms with Crippen LogP contribution in [0, 0.1) is 5.92 Å². The number of hydrogen-bond donors (Lipinski definition) is 0. The van der Waals surface area contributed by atoms with Crippen molar-refractivity contribution in [2.45, 2.75) is 32.9 Å². The van der Waals surface area contributed by atoms with Crippen molar-refractivity contribution in [3.8, 4) is 0 Å². The predicted molar refractivity (Wildman–Crippen MR) is 75.6 cm³/mol. The maximum atomic E-state index is 12.8. The summed E-state index contributed by atoms with van der Waals surface area (Å²) in [7, 11) is 0. The van der Waals surface area contributed by atoms with E-state index in [1.165, 1.54) is 6.07 Å². The first kappa shape index (κ1) is 18.5. The number of hydrogen-bond acceptors (Lipinski definition) is 3. The lowest BCUT2D eigenvalue weighted by molar-refractivity contribution is -0.151. The Balaban J connectivity index is 3.08. The molecule has 0 radical (unpaired) electrons. The molecule has 0 bridgehead atoms. The average molecular weight is 337 g/mol. The first-order valence-electron chi connectivity index (χ1n) is 6.75. The molecule has 0 fully saturated rings. The lowest BCUT2D eigenvalue weighted by Gasteiger charge is -2.15. The Morgan fingerprint density at radius 3 is 2.41 bits per heavy atom. The van der Waals surface area contributed by atoms with Gasteiger partial charge in [0.25, 0.3) is 0 Å². The maximum absolute atomic E-state index is 12.8. The van der Waals surface area contributed by atoms with Gasteiger partial charge in [-0.25, -0.2) is 0 Å². The standard InChI is InChI=1S/C15H16ClF3O3/c1-3-13(20)10(14(21)22-4-2)7-9-5-6-12(16)11(8-9)15(17,18)19/h5-6,8,10H,3-4,7H2,1-2H3. The molecular formula is C15H16ClF3O3. The minimum atomic E-state index is -4.60. The van der Waals surface area contributed by atoms with Crippen LogP contribution in [0.15, 0.2) is 18.2 Å². The summed E-state index contributed by atoms with van der Waals surface area (Å²) in [6.45, 7) is 3.27. The van der Waals surface area contributed by atoms with Crippen molar-refractivity contribution in [2.75, 3.05) is 6.61 Å². The minimum absolute atomic E-state index is 0.0980. The third kappa shape index (κ3) is 4.73. The molecule has 0 amide bonds. The molecule has 1 aromatic rings. The summed E-state index contributed by atoms with van der Waals surface area (Å²) >= 11 is 5.54. The van der Waals surface area contributed by atoms with Crippen LogP contribution in [-0.2, 0) is 26.9 Å². The Hall–Kier alpha value is -1.56. The highest BCUT2D eigenvalue weighted by Gasteiger charge is 2.34. The van der Waals surface area contributed by atoms with Crippen LogP contribution in [0.2, 0.25) is 5.02 Å². The molecule has 122 valence electrons. The molecule has 7 heteroatoms. The van der Waals surface area contributed by atoms with Crippen LogP contribution < -0.4 is 0 Å². The van der Waals surface area contributed by atoms with Gasteiger partial charge in [-0.1, -0.05) is 24.6 Å². The Morgan fingerprint density at radius 1 is 1.27 bits per heavy atom. The van der Waals surface area contributed by atoms with Crippen molar-refractivity contribution < 1.29 is 27.5 Å². The molecule has 0 aliphatic carbocycles. The molecule has 22 heavy (non-hydrogen) atoms. The van der Waals surface area contributed by atoms with Gasteiger partial charge in [0.15, 0.2) is 0 Å². The van der Waals surface area contributed by atoms with E-state index in [-0.39, 0.29) is 30.8 Å². The van der Waals surface area contributed by atoms with Gasteiger partial charge in [-0.3, -0.25) is 9.59 Å². The van der Waals surface area contributed by atoms with Gasteiger partial charge in [0, 0.05) is 6.42 Å². The molecule has 0 aromatic heterocycles. The number of carbonyl (C=O) groups is 2. The van der Waals surface area contributed by atoms with E-state index in [9.17, 15) is 22.8 Å². The zero-order valence-corrected chi connectivity index (χ0v) is 12.9. The zero-order chi connectivity index (χ0) is 16.9. The molecule has 0 saturated heterocycles. The van der Waals surface area contributed by atoms with Gasteiger partial charge in [0.2, 0.25) is 0 Å². The number of alkyl halides is 3. The van der Waals surface area contributed by atoms with Crippen LogP contribution in [0.4, 0.5) is 13.2 Å². The molecule has 0 saturated carbocycles. The number of ketones is 1. The summed E-state index contributed by atoms with van der Waals surface area (Å²) in [5, 5.41) is -0.425. The summed E-state index contributed by atoms with van der Waals surface area (Å²) < 4.78 is 43.3. The van der Waals surface area contributed by atoms with Crippen molar-refractivity contribution in [2.24, 2.45) is 5.92 Å². The largest absolute Gasteiger partial charge is 0.465 e. The van der Waals surface area contributed by atoms with E-state index in [4.69, 9.17) is 16.3 Å². The fraction of sp³-hybridized carbons (Fsp3) is 0.467. The Kier molecular flexibility index (Phi) is 6.41. The fourth-order valence-electron chi connectivity index (χ4n) is 1.97. The first-order valence-corrected chi connectivity index (χ1v) is 7.13. The van der Waals surface area contributed by atoms with Gasteiger partial charge in [-0.05, 0) is 31.0 Å². The van der Waals surface area contributed by atoms with Crippen molar-refractivity contribution in [3.63, 3.8) is 0 Å². The van der Waals surface area contributed by atoms with E-state index in [1.54, 1.807) is 13.8 Å². The summed E-state index contributed by atoms with van der Waals surface area (Å²) in [5.74, 6) is -2.20. The molecule has 0 aliphatic heterocycles. The number of benzene rings is 1. The number of ether oxygens (including phenoxy) is 1. The molecular weight excluding hydrogens is 321 g/mol. The summed E-state index contributed by atoms with van der Waals surface area (Å²) in [4.78, 5) is 23.6. The third-order valence-corrected chi connectivity index (χ3v) is 3.41. The summed E-state index contributed by atoms with van der Waals surface area (Å²) in [6.07, 6.45) is -4.64. The maximum Gasteiger partial charge on any atom is 0.417 e. The van der Waals surface area contributed by atoms with Crippen molar-refractivity contribution in [1.29, 1.82) is 0 Å². The zero-order valence-electron chi connectivity index (χ0n) is 12.2. The molecule has 0 aliphatic rings. The fourth-order valence-corrected chi connectivity index (χ4v) is 2.19. The Morgan fingerprint density at radius 2 is 1.91 bits per heavy atom. The van der Waals surface area contributed by atoms with Crippen LogP contribution in [0.1, 0.15) is 31.4 Å². The van der Waals surface area contributed by atoms with Crippen molar-refractivity contribution >= 4 is 23.4 Å². The highest BCUT2D eigenvalue weighted by Crippen LogP contribution is 2.35. The Bertz CT molecular complexity index is 555. The monoisotopic (exact) mass is 336 g/mol. The van der Waals surface area contributed by atoms with Gasteiger partial charge in [-0.2, -0.15) is 13.2 Å². The minimum Gasteiger partial charge on any atom is -0.465 e. The lowest BCUT2D eigenvalue weighted by atomic mass is 9.93. The van der Waals surface area contributed by atoms with Crippen molar-refractivity contribution in [1.82, 2.24) is 0 Å². The first-order chi connectivity index (χ1) is 10.2. The van der Waals surface area contributed by atoms with Gasteiger partial charge < -0.3 is 4.74 Å². The van der Waals surface area contributed by atoms with E-state index in [1.807, 2.05) is 0 Å². The second-order valence-electron chi connectivity index (χ2n) is 4.64. The van der Waals surface area contributed by atoms with Gasteiger partial charge >= 0.3 is 12.1 Å². The highest BCUT2D eigenvalue weighted by atomic mass is 35.5. The van der Waals surface area contributed by atoms with Crippen LogP contribution >= 0.6 is 11.6 Å². The van der Waals surface area contributed by atoms with E-state index >= 15 is 0 Å². The molecule has 1 rings (SSSR count). The number of carbonyl (C=O) groups excluding carboxylic acids is 2. The highest BCUT2D eigenvalue weighted by molar-refractivity contribution is 6.31. The molecule has 0 spiro atoms. The van der Waals surface area contributed by atoms with E-state index < -0.39 is 28.6 Å². The van der Waals surface area contributed by atoms with E-state index in [2.05, 4.69) is 0 Å². The molecule has 1 unspecified atom stereocenters. The average Bonchev–Trinajstić information content (AvgIpc) is 2.44. The normalized spacial score (nSPS) is 12.8. The van der Waals surface area contributed by atoms with Crippen LogP contribution in [0.5, 0.6) is 0 Å². The molecule has 3 nitrogen and oxygen atoms in total. The summed E-state index contributed by atoms with van der Waals surface area (Å²) in [6, 6.07) is 3.34. The van der Waals surface area contributed by atoms with Gasteiger partial charge in [0.05, 0.1) is 17.2 Å². The number of halogens is 4. The topological polar surface area (TPSA) is 43.4 Å². The predicted octanol–water partition coefficient (Wildman–Crippen LogP) is 4.06. The number of rotatable bonds is 6. The van der Waals surface area contributed by atoms with Crippen molar-refractivity contribution in [3.05, 3.63) is 34.3 Å². The quantitative estimate of drug-likeness (QED) is 0.581. The van der Waals surface area contributed by atoms with Crippen LogP contribution in [-0.4, -0.2) is 18.4 Å². The van der Waals surface area contributed by atoms with E-state index in [0.717, 1.165) is 12.1 Å². The number of esters is 1. The lowest BCUT2D eigenvalue weighted by Crippen LogP contribution is -2.28. The second kappa shape index (κ2) is 7.63. The third-order valence-electron chi connectivity index (χ3n) is 3.08. The smallest absolute Gasteiger partial charge is 0.417 e. The second-order valence-corrected chi connectivity index (χ2v) is 5.05. The van der Waals surface area contributed by atoms with Crippen LogP contribution in [0.25, 0.3) is 0 Å². The summed E-state index contributed by atoms with van der Waals surface area (Å²) in [5.41, 5.74) is -0.783. The van der Waals surface area contributed by atoms with Gasteiger partial charge in [0.1, 0.15) is 11.7 Å². The SMILES string of the molecule is CCOC(=O)C(Cc1ccc(Cl)c(C(F)(F)F)c1)C(=O)CC. The molecule has 1 atom stereocenters. The Labute approximate surface area is 131 Å². The molecule has 0 N–H and O–H groups in total.